The molecule has 0 bridgehead atoms. The third kappa shape index (κ3) is 2.57. The quantitative estimate of drug-likeness (QED) is 0.500. The Morgan fingerprint density at radius 1 is 0.552 bits per heavy atom. The van der Waals surface area contributed by atoms with Gasteiger partial charge in [0.1, 0.15) is 0 Å². The first-order chi connectivity index (χ1) is 13.7. The highest BCUT2D eigenvalue weighted by Crippen LogP contribution is 2.49. The van der Waals surface area contributed by atoms with Crippen molar-refractivity contribution in [3.8, 4) is 0 Å². The highest BCUT2D eigenvalue weighted by Gasteiger charge is 2.39. The molecule has 0 spiro atoms. The van der Waals surface area contributed by atoms with Crippen molar-refractivity contribution in [2.24, 2.45) is 41.4 Å². The van der Waals surface area contributed by atoms with E-state index in [4.69, 9.17) is 0 Å². The molecule has 0 amide bonds. The Balaban J connectivity index is 1.71. The second-order valence-electron chi connectivity index (χ2n) is 11.0. The van der Waals surface area contributed by atoms with Crippen LogP contribution in [0.1, 0.15) is 78.4 Å². The average molecular weight is 387 g/mol. The third-order valence-electron chi connectivity index (χ3n) is 10.1. The molecule has 9 unspecified atom stereocenters. The van der Waals surface area contributed by atoms with Gasteiger partial charge in [-0.15, -0.1) is 0 Å². The molecule has 0 nitrogen and oxygen atoms in total. The number of fused-ring (bicyclic) bond motifs is 4. The Morgan fingerprint density at radius 3 is 1.69 bits per heavy atom. The Morgan fingerprint density at radius 2 is 1.07 bits per heavy atom. The maximum Gasteiger partial charge on any atom is 0.0219 e. The lowest BCUT2D eigenvalue weighted by atomic mass is 9.62. The van der Waals surface area contributed by atoms with Crippen LogP contribution in [0.25, 0.3) is 11.6 Å². The first kappa shape index (κ1) is 19.4. The van der Waals surface area contributed by atoms with Gasteiger partial charge in [-0.2, -0.15) is 0 Å². The fraction of sp³-hybridized carbons (Fsp3) is 0.586. The van der Waals surface area contributed by atoms with Crippen LogP contribution in [0.15, 0.2) is 35.4 Å². The minimum absolute atomic E-state index is 0.475. The van der Waals surface area contributed by atoms with Crippen molar-refractivity contribution in [2.75, 3.05) is 0 Å². The zero-order valence-electron chi connectivity index (χ0n) is 19.6. The average Bonchev–Trinajstić information content (AvgIpc) is 3.07. The standard InChI is InChI=1S/C29H38/c1-14-16(3)20(7)26-12-28-22(10-24(26)18(14)5)9-23-11-25-19(6)15(2)17(4)21(8)27(25)13-29(23)28/h9-22H,1-8H3. The van der Waals surface area contributed by atoms with Gasteiger partial charge in [-0.05, 0) is 85.6 Å². The van der Waals surface area contributed by atoms with Gasteiger partial charge in [0.05, 0.1) is 0 Å². The van der Waals surface area contributed by atoms with Gasteiger partial charge in [-0.1, -0.05) is 85.8 Å². The summed E-state index contributed by atoms with van der Waals surface area (Å²) in [7, 11) is 0. The van der Waals surface area contributed by atoms with Crippen LogP contribution in [0, 0.1) is 41.4 Å². The molecule has 5 rings (SSSR count). The summed E-state index contributed by atoms with van der Waals surface area (Å²) < 4.78 is 0. The highest BCUT2D eigenvalue weighted by molar-refractivity contribution is 5.78. The summed E-state index contributed by atoms with van der Waals surface area (Å²) in [5.41, 5.74) is 8.04. The molecule has 0 heteroatoms. The number of allylic oxidation sites excluding steroid dienone is 4. The van der Waals surface area contributed by atoms with Gasteiger partial charge in [0.15, 0.2) is 0 Å². The molecular formula is C29H38. The number of hydrogen-bond acceptors (Lipinski definition) is 0. The van der Waals surface area contributed by atoms with Crippen molar-refractivity contribution < 1.29 is 0 Å². The smallest absolute Gasteiger partial charge is 0.0219 e. The molecule has 4 aliphatic rings. The lowest BCUT2D eigenvalue weighted by Gasteiger charge is -2.43. The first-order valence-electron chi connectivity index (χ1n) is 12.0. The Hall–Kier alpha value is -1.56. The predicted molar refractivity (Wildman–Crippen MR) is 125 cm³/mol. The Kier molecular flexibility index (Phi) is 4.33. The molecular weight excluding hydrogens is 348 g/mol. The van der Waals surface area contributed by atoms with Crippen LogP contribution in [0.4, 0.5) is 0 Å². The van der Waals surface area contributed by atoms with Crippen LogP contribution in [0.2, 0.25) is 0 Å². The van der Waals surface area contributed by atoms with E-state index in [0.29, 0.717) is 29.6 Å². The molecule has 1 fully saturated rings. The molecule has 9 atom stereocenters. The minimum Gasteiger partial charge on any atom is -0.0694 e. The molecule has 1 aromatic rings. The van der Waals surface area contributed by atoms with E-state index < -0.39 is 0 Å². The summed E-state index contributed by atoms with van der Waals surface area (Å²) in [6.45, 7) is 19.6. The number of benzene rings is 1. The lowest BCUT2D eigenvalue weighted by molar-refractivity contribution is 0.224. The van der Waals surface area contributed by atoms with E-state index in [1.54, 1.807) is 27.8 Å². The Labute approximate surface area is 177 Å². The van der Waals surface area contributed by atoms with Gasteiger partial charge < -0.3 is 0 Å². The summed E-state index contributed by atoms with van der Waals surface area (Å²) in [4.78, 5) is 0. The summed E-state index contributed by atoms with van der Waals surface area (Å²) >= 11 is 0. The van der Waals surface area contributed by atoms with E-state index in [1.807, 2.05) is 0 Å². The lowest BCUT2D eigenvalue weighted by Crippen LogP contribution is -2.34. The van der Waals surface area contributed by atoms with Crippen LogP contribution in [-0.2, 0) is 0 Å². The zero-order chi connectivity index (χ0) is 20.8. The molecule has 0 N–H and O–H groups in total. The fourth-order valence-electron chi connectivity index (χ4n) is 6.91. The van der Waals surface area contributed by atoms with Crippen LogP contribution < -0.4 is 10.4 Å². The molecule has 154 valence electrons. The summed E-state index contributed by atoms with van der Waals surface area (Å²) in [5, 5.41) is 3.00. The maximum absolute atomic E-state index is 2.62. The van der Waals surface area contributed by atoms with Crippen LogP contribution in [0.5, 0.6) is 0 Å². The van der Waals surface area contributed by atoms with Crippen molar-refractivity contribution in [3.63, 3.8) is 0 Å². The second kappa shape index (κ2) is 6.47. The monoisotopic (exact) mass is 386 g/mol. The molecule has 0 saturated heterocycles. The molecule has 1 saturated carbocycles. The normalized spacial score (nSPS) is 42.8. The first-order valence-corrected chi connectivity index (χ1v) is 12.0. The molecule has 1 aromatic carbocycles. The van der Waals surface area contributed by atoms with E-state index in [9.17, 15) is 0 Å². The van der Waals surface area contributed by atoms with Crippen LogP contribution >= 0.6 is 0 Å². The molecule has 29 heavy (non-hydrogen) atoms. The van der Waals surface area contributed by atoms with Crippen molar-refractivity contribution in [1.82, 2.24) is 0 Å². The number of rotatable bonds is 0. The summed E-state index contributed by atoms with van der Waals surface area (Å²) in [5.74, 6) is 6.12. The van der Waals surface area contributed by atoms with Gasteiger partial charge in [0, 0.05) is 5.92 Å². The van der Waals surface area contributed by atoms with Crippen molar-refractivity contribution in [3.05, 3.63) is 57.0 Å². The maximum atomic E-state index is 2.62. The highest BCUT2D eigenvalue weighted by atomic mass is 14.4. The van der Waals surface area contributed by atoms with Crippen LogP contribution in [-0.4, -0.2) is 0 Å². The minimum atomic E-state index is 0.475. The van der Waals surface area contributed by atoms with E-state index in [-0.39, 0.29) is 0 Å². The third-order valence-corrected chi connectivity index (χ3v) is 10.1. The molecule has 0 radical (unpaired) electrons. The van der Waals surface area contributed by atoms with Gasteiger partial charge in [-0.3, -0.25) is 0 Å². The molecule has 0 heterocycles. The van der Waals surface area contributed by atoms with Gasteiger partial charge in [0.25, 0.3) is 0 Å². The SMILES string of the molecule is CC1C2=CC3=c4cc5c(cc4=CC3C=C2C(C)C(C)C1C)C(C)C(C)C(C)C5C. The van der Waals surface area contributed by atoms with Gasteiger partial charge >= 0.3 is 0 Å². The van der Waals surface area contributed by atoms with Crippen molar-refractivity contribution in [1.29, 1.82) is 0 Å². The van der Waals surface area contributed by atoms with E-state index >= 15 is 0 Å². The summed E-state index contributed by atoms with van der Waals surface area (Å²) in [6, 6.07) is 5.14. The Bertz CT molecular complexity index is 1050. The van der Waals surface area contributed by atoms with Crippen molar-refractivity contribution in [2.45, 2.75) is 67.2 Å². The topological polar surface area (TPSA) is 0 Å². The fourth-order valence-corrected chi connectivity index (χ4v) is 6.91. The van der Waals surface area contributed by atoms with Crippen molar-refractivity contribution >= 4 is 11.6 Å². The molecule has 4 aliphatic carbocycles. The van der Waals surface area contributed by atoms with E-state index in [1.165, 1.54) is 10.4 Å². The zero-order valence-corrected chi connectivity index (χ0v) is 19.6. The van der Waals surface area contributed by atoms with Crippen LogP contribution in [0.3, 0.4) is 0 Å². The number of hydrogen-bond donors (Lipinski definition) is 0. The van der Waals surface area contributed by atoms with Gasteiger partial charge in [-0.25, -0.2) is 0 Å². The van der Waals surface area contributed by atoms with E-state index in [0.717, 1.165) is 23.7 Å². The second-order valence-corrected chi connectivity index (χ2v) is 11.0. The van der Waals surface area contributed by atoms with Gasteiger partial charge in [0.2, 0.25) is 0 Å². The molecule has 0 aliphatic heterocycles. The summed E-state index contributed by atoms with van der Waals surface area (Å²) in [6.07, 6.45) is 7.76. The largest absolute Gasteiger partial charge is 0.0694 e. The molecule has 0 aromatic heterocycles. The predicted octanol–water partition coefficient (Wildman–Crippen LogP) is 6.16. The van der Waals surface area contributed by atoms with E-state index in [2.05, 4.69) is 85.8 Å².